The van der Waals surface area contributed by atoms with E-state index in [1.54, 1.807) is 42.5 Å². The quantitative estimate of drug-likeness (QED) is 0.125. The highest BCUT2D eigenvalue weighted by Crippen LogP contribution is 2.28. The van der Waals surface area contributed by atoms with Crippen molar-refractivity contribution in [2.75, 3.05) is 51.9 Å². The molecule has 3 N–H and O–H groups in total. The van der Waals surface area contributed by atoms with Crippen LogP contribution in [0.4, 0.5) is 5.69 Å². The Labute approximate surface area is 262 Å². The number of benzene rings is 2. The fourth-order valence-corrected chi connectivity index (χ4v) is 4.08. The largest absolute Gasteiger partial charge is 0.497 e. The van der Waals surface area contributed by atoms with Crippen LogP contribution in [0.5, 0.6) is 11.5 Å². The monoisotopic (exact) mass is 629 g/mol. The summed E-state index contributed by atoms with van der Waals surface area (Å²) in [5.74, 6) is 1.07. The average molecular weight is 630 g/mol. The second kappa shape index (κ2) is 17.3. The van der Waals surface area contributed by atoms with Gasteiger partial charge in [-0.1, -0.05) is 25.4 Å². The smallest absolute Gasteiger partial charge is 0.291 e. The van der Waals surface area contributed by atoms with E-state index in [9.17, 15) is 14.4 Å². The molecule has 0 radical (unpaired) electrons. The van der Waals surface area contributed by atoms with Crippen LogP contribution < -0.4 is 25.4 Å². The fraction of sp³-hybridized carbons (Fsp3) is 0.406. The second-order valence-electron chi connectivity index (χ2n) is 10.6. The molecule has 3 rings (SSSR count). The Morgan fingerprint density at radius 2 is 1.75 bits per heavy atom. The number of hydrogen-bond donors (Lipinski definition) is 3. The number of rotatable bonds is 19. The number of nitrogens with one attached hydrogen (secondary N) is 3. The van der Waals surface area contributed by atoms with Gasteiger partial charge in [-0.05, 0) is 49.7 Å². The van der Waals surface area contributed by atoms with Gasteiger partial charge in [0.1, 0.15) is 23.9 Å². The van der Waals surface area contributed by atoms with E-state index in [4.69, 9.17) is 35.0 Å². The van der Waals surface area contributed by atoms with Crippen LogP contribution in [0, 0.1) is 5.41 Å². The molecule has 2 aromatic carbocycles. The van der Waals surface area contributed by atoms with Crippen LogP contribution in [-0.4, -0.2) is 71.0 Å². The summed E-state index contributed by atoms with van der Waals surface area (Å²) in [4.78, 5) is 35.9. The van der Waals surface area contributed by atoms with Gasteiger partial charge < -0.3 is 39.3 Å². The zero-order valence-corrected chi connectivity index (χ0v) is 26.2. The maximum atomic E-state index is 12.9. The Hall–Kier alpha value is -4.06. The molecule has 1 heterocycles. The lowest BCUT2D eigenvalue weighted by Gasteiger charge is -2.24. The lowest BCUT2D eigenvalue weighted by atomic mass is 9.88. The number of methoxy groups -OCH3 is 1. The number of carbonyl (C=O) groups is 3. The van der Waals surface area contributed by atoms with Crippen molar-refractivity contribution in [1.82, 2.24) is 10.6 Å². The van der Waals surface area contributed by atoms with Crippen LogP contribution in [0.3, 0.4) is 0 Å². The van der Waals surface area contributed by atoms with E-state index in [0.29, 0.717) is 67.2 Å². The number of halogens is 1. The maximum absolute atomic E-state index is 12.9. The van der Waals surface area contributed by atoms with Gasteiger partial charge in [0.25, 0.3) is 5.91 Å². The van der Waals surface area contributed by atoms with E-state index < -0.39 is 11.3 Å². The van der Waals surface area contributed by atoms with Crippen molar-refractivity contribution in [3.05, 3.63) is 65.4 Å². The van der Waals surface area contributed by atoms with E-state index >= 15 is 0 Å². The molecule has 44 heavy (non-hydrogen) atoms. The number of furan rings is 1. The molecule has 0 spiro atoms. The summed E-state index contributed by atoms with van der Waals surface area (Å²) in [7, 11) is 1.52. The summed E-state index contributed by atoms with van der Waals surface area (Å²) in [6, 6.07) is 15.5. The molecule has 3 aromatic rings. The molecule has 0 saturated heterocycles. The van der Waals surface area contributed by atoms with Gasteiger partial charge in [0.15, 0.2) is 5.76 Å². The van der Waals surface area contributed by atoms with Crippen LogP contribution in [0.1, 0.15) is 37.7 Å². The topological polar surface area (TPSA) is 137 Å². The first-order chi connectivity index (χ1) is 21.1. The van der Waals surface area contributed by atoms with Crippen LogP contribution >= 0.6 is 11.6 Å². The Kier molecular flexibility index (Phi) is 13.5. The molecular formula is C32H40ClN3O8. The Bertz CT molecular complexity index is 1360. The first kappa shape index (κ1) is 34.4. The van der Waals surface area contributed by atoms with E-state index in [2.05, 4.69) is 16.0 Å². The maximum Gasteiger partial charge on any atom is 0.291 e. The molecule has 1 aromatic heterocycles. The fourth-order valence-electron chi connectivity index (χ4n) is 3.96. The molecule has 238 valence electrons. The van der Waals surface area contributed by atoms with Gasteiger partial charge in [0, 0.05) is 53.0 Å². The van der Waals surface area contributed by atoms with Crippen LogP contribution in [-0.2, 0) is 19.1 Å². The number of amides is 3. The Balaban J connectivity index is 1.44. The van der Waals surface area contributed by atoms with Crippen molar-refractivity contribution in [2.24, 2.45) is 5.41 Å². The number of hydrogen-bond acceptors (Lipinski definition) is 8. The lowest BCUT2D eigenvalue weighted by molar-refractivity contribution is -0.131. The van der Waals surface area contributed by atoms with Crippen molar-refractivity contribution in [3.8, 4) is 22.8 Å². The van der Waals surface area contributed by atoms with E-state index in [1.807, 2.05) is 32.9 Å². The van der Waals surface area contributed by atoms with Gasteiger partial charge >= 0.3 is 0 Å². The Morgan fingerprint density at radius 1 is 1.00 bits per heavy atom. The first-order valence-electron chi connectivity index (χ1n) is 14.2. The summed E-state index contributed by atoms with van der Waals surface area (Å²) in [6.07, 6.45) is 1.01. The number of anilines is 1. The third kappa shape index (κ3) is 11.2. The normalized spacial score (nSPS) is 11.8. The minimum Gasteiger partial charge on any atom is -0.497 e. The SMILES string of the molecule is COc1cc(NC(=O)c2ccc(-c3ccc(Cl)cc3)o2)cc(OCCNC(=O)C(C)(C)CCOC(C)COCCNC=O)c1. The molecule has 12 heteroatoms. The predicted octanol–water partition coefficient (Wildman–Crippen LogP) is 4.94. The molecule has 0 aliphatic rings. The Morgan fingerprint density at radius 3 is 2.48 bits per heavy atom. The molecule has 0 fully saturated rings. The summed E-state index contributed by atoms with van der Waals surface area (Å²) in [6.45, 7) is 7.73. The van der Waals surface area contributed by atoms with Gasteiger partial charge in [-0.2, -0.15) is 0 Å². The van der Waals surface area contributed by atoms with Crippen LogP contribution in [0.15, 0.2) is 59.0 Å². The van der Waals surface area contributed by atoms with Crippen molar-refractivity contribution in [1.29, 1.82) is 0 Å². The van der Waals surface area contributed by atoms with Crippen LogP contribution in [0.2, 0.25) is 5.02 Å². The van der Waals surface area contributed by atoms with Crippen molar-refractivity contribution < 1.29 is 37.7 Å². The molecule has 0 aliphatic heterocycles. The highest BCUT2D eigenvalue weighted by Gasteiger charge is 2.27. The number of carbonyl (C=O) groups excluding carboxylic acids is 3. The van der Waals surface area contributed by atoms with E-state index in [0.717, 1.165) is 5.56 Å². The summed E-state index contributed by atoms with van der Waals surface area (Å²) >= 11 is 5.95. The predicted molar refractivity (Wildman–Crippen MR) is 167 cm³/mol. The highest BCUT2D eigenvalue weighted by atomic mass is 35.5. The van der Waals surface area contributed by atoms with Crippen molar-refractivity contribution in [2.45, 2.75) is 33.3 Å². The molecule has 1 atom stereocenters. The third-order valence-electron chi connectivity index (χ3n) is 6.56. The van der Waals surface area contributed by atoms with Gasteiger partial charge in [-0.3, -0.25) is 14.4 Å². The molecule has 3 amide bonds. The van der Waals surface area contributed by atoms with Gasteiger partial charge in [0.05, 0.1) is 33.0 Å². The van der Waals surface area contributed by atoms with Crippen molar-refractivity contribution >= 4 is 35.5 Å². The highest BCUT2D eigenvalue weighted by molar-refractivity contribution is 6.30. The van der Waals surface area contributed by atoms with Gasteiger partial charge in [0.2, 0.25) is 12.3 Å². The minimum absolute atomic E-state index is 0.122. The molecule has 0 bridgehead atoms. The number of ether oxygens (including phenoxy) is 4. The standard InChI is InChI=1S/C32H40ClN3O8/c1-22(20-41-15-12-34-21-37)42-14-11-32(2,3)31(39)35-13-16-43-27-18-25(17-26(19-27)40-4)36-30(38)29-10-9-28(44-29)23-5-7-24(33)8-6-23/h5-10,17-19,21-22H,11-16,20H2,1-4H3,(H,34,37)(H,35,39)(H,36,38). The molecule has 0 saturated carbocycles. The van der Waals surface area contributed by atoms with Gasteiger partial charge in [-0.25, -0.2) is 0 Å². The van der Waals surface area contributed by atoms with E-state index in [-0.39, 0.29) is 30.9 Å². The van der Waals surface area contributed by atoms with E-state index in [1.165, 1.54) is 7.11 Å². The zero-order chi connectivity index (χ0) is 32.0. The summed E-state index contributed by atoms with van der Waals surface area (Å²) < 4.78 is 28.1. The van der Waals surface area contributed by atoms with Crippen molar-refractivity contribution in [3.63, 3.8) is 0 Å². The second-order valence-corrected chi connectivity index (χ2v) is 11.0. The molecule has 0 aliphatic carbocycles. The molecule has 11 nitrogen and oxygen atoms in total. The first-order valence-corrected chi connectivity index (χ1v) is 14.6. The zero-order valence-electron chi connectivity index (χ0n) is 25.4. The minimum atomic E-state index is -0.652. The van der Waals surface area contributed by atoms with Gasteiger partial charge in [-0.15, -0.1) is 0 Å². The third-order valence-corrected chi connectivity index (χ3v) is 6.81. The molecular weight excluding hydrogens is 590 g/mol. The molecule has 1 unspecified atom stereocenters. The summed E-state index contributed by atoms with van der Waals surface area (Å²) in [5.41, 5.74) is 0.601. The lowest BCUT2D eigenvalue weighted by Crippen LogP contribution is -2.39. The average Bonchev–Trinajstić information content (AvgIpc) is 3.50. The summed E-state index contributed by atoms with van der Waals surface area (Å²) in [5, 5.41) is 8.84. The van der Waals surface area contributed by atoms with Crippen LogP contribution in [0.25, 0.3) is 11.3 Å².